The zero-order valence-corrected chi connectivity index (χ0v) is 7.97. The molecule has 2 N–H and O–H groups in total. The number of nitrogens with two attached hydrogens (primary N) is 1. The van der Waals surface area contributed by atoms with Gasteiger partial charge in [0.1, 0.15) is 11.6 Å². The van der Waals surface area contributed by atoms with Crippen LogP contribution in [0.1, 0.15) is 12.5 Å². The van der Waals surface area contributed by atoms with E-state index in [2.05, 4.69) is 0 Å². The summed E-state index contributed by atoms with van der Waals surface area (Å²) >= 11 is 0. The average molecular weight is 201 g/mol. The maximum atomic E-state index is 13.0. The van der Waals surface area contributed by atoms with Gasteiger partial charge in [-0.3, -0.25) is 0 Å². The molecular formula is C10H13F2NO. The Morgan fingerprint density at radius 1 is 1.36 bits per heavy atom. The lowest BCUT2D eigenvalue weighted by Gasteiger charge is -2.08. The minimum absolute atomic E-state index is 0.0480. The van der Waals surface area contributed by atoms with Crippen molar-refractivity contribution in [1.82, 2.24) is 0 Å². The number of benzene rings is 1. The minimum atomic E-state index is -0.588. The van der Waals surface area contributed by atoms with Crippen LogP contribution in [0.15, 0.2) is 18.2 Å². The van der Waals surface area contributed by atoms with E-state index in [0.29, 0.717) is 0 Å². The number of hydrogen-bond acceptors (Lipinski definition) is 2. The fourth-order valence-electron chi connectivity index (χ4n) is 1.02. The summed E-state index contributed by atoms with van der Waals surface area (Å²) < 4.78 is 31.1. The van der Waals surface area contributed by atoms with Gasteiger partial charge in [0.05, 0.1) is 13.2 Å². The molecule has 0 amide bonds. The molecule has 0 aromatic heterocycles. The monoisotopic (exact) mass is 201 g/mol. The number of halogens is 2. The van der Waals surface area contributed by atoms with Gasteiger partial charge in [-0.2, -0.15) is 0 Å². The van der Waals surface area contributed by atoms with Crippen LogP contribution in [0.5, 0.6) is 0 Å². The van der Waals surface area contributed by atoms with Crippen molar-refractivity contribution < 1.29 is 13.5 Å². The summed E-state index contributed by atoms with van der Waals surface area (Å²) in [5, 5.41) is 0. The summed E-state index contributed by atoms with van der Waals surface area (Å²) in [5.74, 6) is -1.18. The Morgan fingerprint density at radius 2 is 1.93 bits per heavy atom. The van der Waals surface area contributed by atoms with Crippen LogP contribution in [0.2, 0.25) is 0 Å². The molecule has 14 heavy (non-hydrogen) atoms. The minimum Gasteiger partial charge on any atom is -0.375 e. The second-order valence-corrected chi connectivity index (χ2v) is 3.19. The van der Waals surface area contributed by atoms with E-state index in [0.717, 1.165) is 0 Å². The highest BCUT2D eigenvalue weighted by molar-refractivity contribution is 5.18. The summed E-state index contributed by atoms with van der Waals surface area (Å²) in [5.41, 5.74) is 5.37. The van der Waals surface area contributed by atoms with Gasteiger partial charge in [-0.25, -0.2) is 8.78 Å². The van der Waals surface area contributed by atoms with Crippen molar-refractivity contribution in [3.8, 4) is 0 Å². The van der Waals surface area contributed by atoms with E-state index in [9.17, 15) is 8.78 Å². The zero-order valence-electron chi connectivity index (χ0n) is 7.97. The fraction of sp³-hybridized carbons (Fsp3) is 0.400. The Morgan fingerprint density at radius 3 is 2.43 bits per heavy atom. The van der Waals surface area contributed by atoms with Crippen LogP contribution in [-0.2, 0) is 11.3 Å². The lowest BCUT2D eigenvalue weighted by molar-refractivity contribution is 0.107. The molecule has 0 bridgehead atoms. The molecule has 1 aromatic carbocycles. The zero-order chi connectivity index (χ0) is 10.6. The molecule has 0 saturated carbocycles. The highest BCUT2D eigenvalue weighted by atomic mass is 19.1. The quantitative estimate of drug-likeness (QED) is 0.806. The molecule has 0 radical (unpaired) electrons. The third-order valence-corrected chi connectivity index (χ3v) is 1.69. The van der Waals surface area contributed by atoms with E-state index in [-0.39, 0.29) is 24.8 Å². The Bertz CT molecular complexity index is 282. The highest BCUT2D eigenvalue weighted by Gasteiger charge is 2.08. The predicted octanol–water partition coefficient (Wildman–Crippen LogP) is 1.83. The standard InChI is InChI=1S/C10H13F2NO/c1-7(13)5-14-6-8-9(11)3-2-4-10(8)12/h2-4,7H,5-6,13H2,1H3. The van der Waals surface area contributed by atoms with Crippen LogP contribution in [0.4, 0.5) is 8.78 Å². The van der Waals surface area contributed by atoms with E-state index >= 15 is 0 Å². The van der Waals surface area contributed by atoms with Gasteiger partial charge < -0.3 is 10.5 Å². The van der Waals surface area contributed by atoms with Crippen molar-refractivity contribution in [1.29, 1.82) is 0 Å². The van der Waals surface area contributed by atoms with Crippen LogP contribution in [0.25, 0.3) is 0 Å². The molecule has 1 rings (SSSR count). The first-order valence-corrected chi connectivity index (χ1v) is 4.37. The maximum Gasteiger partial charge on any atom is 0.131 e. The van der Waals surface area contributed by atoms with Gasteiger partial charge in [0.25, 0.3) is 0 Å². The molecule has 0 spiro atoms. The Hall–Kier alpha value is -1.00. The molecule has 0 fully saturated rings. The van der Waals surface area contributed by atoms with Gasteiger partial charge >= 0.3 is 0 Å². The third kappa shape index (κ3) is 3.05. The first-order chi connectivity index (χ1) is 6.61. The highest BCUT2D eigenvalue weighted by Crippen LogP contribution is 2.12. The van der Waals surface area contributed by atoms with Crippen LogP contribution in [0, 0.1) is 11.6 Å². The molecule has 0 aliphatic heterocycles. The SMILES string of the molecule is CC(N)COCc1c(F)cccc1F. The molecular weight excluding hydrogens is 188 g/mol. The molecule has 0 saturated heterocycles. The van der Waals surface area contributed by atoms with E-state index in [1.165, 1.54) is 18.2 Å². The predicted molar refractivity (Wildman–Crippen MR) is 49.7 cm³/mol. The second-order valence-electron chi connectivity index (χ2n) is 3.19. The maximum absolute atomic E-state index is 13.0. The van der Waals surface area contributed by atoms with E-state index in [1.54, 1.807) is 6.92 Å². The van der Waals surface area contributed by atoms with Crippen molar-refractivity contribution >= 4 is 0 Å². The van der Waals surface area contributed by atoms with Crippen LogP contribution >= 0.6 is 0 Å². The molecule has 1 atom stereocenters. The van der Waals surface area contributed by atoms with Gasteiger partial charge in [-0.05, 0) is 19.1 Å². The molecule has 0 aliphatic rings. The number of hydrogen-bond donors (Lipinski definition) is 1. The first kappa shape index (κ1) is 11.1. The van der Waals surface area contributed by atoms with Crippen LogP contribution in [0.3, 0.4) is 0 Å². The first-order valence-electron chi connectivity index (χ1n) is 4.37. The molecule has 4 heteroatoms. The molecule has 0 aliphatic carbocycles. The molecule has 1 unspecified atom stereocenters. The average Bonchev–Trinajstić information content (AvgIpc) is 2.09. The van der Waals surface area contributed by atoms with Crippen molar-refractivity contribution in [2.75, 3.05) is 6.61 Å². The number of ether oxygens (including phenoxy) is 1. The summed E-state index contributed by atoms with van der Waals surface area (Å²) in [6.45, 7) is 1.96. The van der Waals surface area contributed by atoms with E-state index in [1.807, 2.05) is 0 Å². The van der Waals surface area contributed by atoms with Gasteiger partial charge in [-0.15, -0.1) is 0 Å². The summed E-state index contributed by atoms with van der Waals surface area (Å²) in [6, 6.07) is 3.59. The third-order valence-electron chi connectivity index (χ3n) is 1.69. The van der Waals surface area contributed by atoms with Crippen molar-refractivity contribution in [2.24, 2.45) is 5.73 Å². The fourth-order valence-corrected chi connectivity index (χ4v) is 1.02. The molecule has 1 aromatic rings. The molecule has 2 nitrogen and oxygen atoms in total. The lowest BCUT2D eigenvalue weighted by Crippen LogP contribution is -2.21. The van der Waals surface area contributed by atoms with Gasteiger partial charge in [0.15, 0.2) is 0 Å². The summed E-state index contributed by atoms with van der Waals surface area (Å²) in [6.07, 6.45) is 0. The van der Waals surface area contributed by atoms with Crippen molar-refractivity contribution in [3.05, 3.63) is 35.4 Å². The second kappa shape index (κ2) is 5.02. The molecule has 0 heterocycles. The van der Waals surface area contributed by atoms with Crippen molar-refractivity contribution in [2.45, 2.75) is 19.6 Å². The Labute approximate surface area is 81.7 Å². The van der Waals surface area contributed by atoms with E-state index in [4.69, 9.17) is 10.5 Å². The largest absolute Gasteiger partial charge is 0.375 e. The Kier molecular flexibility index (Phi) is 3.98. The van der Waals surface area contributed by atoms with Crippen LogP contribution in [-0.4, -0.2) is 12.6 Å². The van der Waals surface area contributed by atoms with Gasteiger partial charge in [0.2, 0.25) is 0 Å². The van der Waals surface area contributed by atoms with Gasteiger partial charge in [-0.1, -0.05) is 6.07 Å². The number of rotatable bonds is 4. The lowest BCUT2D eigenvalue weighted by atomic mass is 10.2. The summed E-state index contributed by atoms with van der Waals surface area (Å²) in [4.78, 5) is 0. The molecule has 78 valence electrons. The van der Waals surface area contributed by atoms with Gasteiger partial charge in [0, 0.05) is 11.6 Å². The smallest absolute Gasteiger partial charge is 0.131 e. The van der Waals surface area contributed by atoms with E-state index < -0.39 is 11.6 Å². The Balaban J connectivity index is 2.58. The summed E-state index contributed by atoms with van der Waals surface area (Å²) in [7, 11) is 0. The van der Waals surface area contributed by atoms with Crippen LogP contribution < -0.4 is 5.73 Å². The van der Waals surface area contributed by atoms with Crippen molar-refractivity contribution in [3.63, 3.8) is 0 Å². The topological polar surface area (TPSA) is 35.2 Å². The normalized spacial score (nSPS) is 12.9.